The number of nitrogens with zero attached hydrogens (tertiary/aromatic N) is 2. The summed E-state index contributed by atoms with van der Waals surface area (Å²) < 4.78 is 28.7. The van der Waals surface area contributed by atoms with Gasteiger partial charge in [-0.05, 0) is 45.5 Å². The Morgan fingerprint density at radius 3 is 2.67 bits per heavy atom. The molecule has 0 aliphatic carbocycles. The van der Waals surface area contributed by atoms with Gasteiger partial charge >= 0.3 is 0 Å². The quantitative estimate of drug-likeness (QED) is 0.914. The summed E-state index contributed by atoms with van der Waals surface area (Å²) >= 11 is 0. The highest BCUT2D eigenvalue weighted by atomic mass is 19.1. The normalized spacial score (nSPS) is 12.7. The highest BCUT2D eigenvalue weighted by Crippen LogP contribution is 2.22. The van der Waals surface area contributed by atoms with Crippen molar-refractivity contribution in [3.05, 3.63) is 52.3 Å². The summed E-state index contributed by atoms with van der Waals surface area (Å²) in [6.45, 7) is 9.12. The van der Waals surface area contributed by atoms with E-state index in [9.17, 15) is 8.78 Å². The van der Waals surface area contributed by atoms with Crippen molar-refractivity contribution in [1.82, 2.24) is 15.1 Å². The van der Waals surface area contributed by atoms with E-state index >= 15 is 0 Å². The van der Waals surface area contributed by atoms with Crippen LogP contribution in [0.15, 0.2) is 18.2 Å². The van der Waals surface area contributed by atoms with Gasteiger partial charge in [0.1, 0.15) is 11.6 Å². The Bertz CT molecular complexity index is 635. The molecule has 0 radical (unpaired) electrons. The molecule has 1 aromatic carbocycles. The first-order valence-electron chi connectivity index (χ1n) is 7.15. The molecule has 114 valence electrons. The molecule has 0 aliphatic rings. The number of hydrogen-bond acceptors (Lipinski definition) is 2. The number of aromatic nitrogens is 2. The number of rotatable bonds is 5. The van der Waals surface area contributed by atoms with Crippen LogP contribution in [0, 0.1) is 25.5 Å². The van der Waals surface area contributed by atoms with Crippen LogP contribution in [0.1, 0.15) is 42.4 Å². The predicted molar refractivity (Wildman–Crippen MR) is 79.3 cm³/mol. The predicted octanol–water partition coefficient (Wildman–Crippen LogP) is 3.50. The lowest BCUT2D eigenvalue weighted by Gasteiger charge is -2.13. The maximum absolute atomic E-state index is 13.8. The van der Waals surface area contributed by atoms with Gasteiger partial charge in [0.15, 0.2) is 0 Å². The third-order valence-corrected chi connectivity index (χ3v) is 3.71. The molecule has 0 aliphatic heterocycles. The van der Waals surface area contributed by atoms with E-state index in [4.69, 9.17) is 0 Å². The topological polar surface area (TPSA) is 29.9 Å². The lowest BCUT2D eigenvalue weighted by molar-refractivity contribution is 0.559. The van der Waals surface area contributed by atoms with E-state index in [1.165, 1.54) is 6.07 Å². The van der Waals surface area contributed by atoms with Crippen LogP contribution in [-0.4, -0.2) is 16.3 Å². The number of halogens is 2. The van der Waals surface area contributed by atoms with Gasteiger partial charge in [-0.3, -0.25) is 4.68 Å². The molecule has 1 unspecified atom stereocenters. The monoisotopic (exact) mass is 293 g/mol. The smallest absolute Gasteiger partial charge is 0.128 e. The Labute approximate surface area is 124 Å². The molecule has 0 saturated heterocycles. The lowest BCUT2D eigenvalue weighted by atomic mass is 10.1. The first-order valence-corrected chi connectivity index (χ1v) is 7.15. The molecule has 5 heteroatoms. The van der Waals surface area contributed by atoms with E-state index < -0.39 is 11.6 Å². The summed E-state index contributed by atoms with van der Waals surface area (Å²) in [5.74, 6) is -0.848. The second kappa shape index (κ2) is 6.35. The molecule has 0 amide bonds. The van der Waals surface area contributed by atoms with Crippen molar-refractivity contribution < 1.29 is 8.78 Å². The van der Waals surface area contributed by atoms with Crippen molar-refractivity contribution in [1.29, 1.82) is 0 Å². The summed E-state index contributed by atoms with van der Waals surface area (Å²) in [6.07, 6.45) is 0. The van der Waals surface area contributed by atoms with Gasteiger partial charge in [-0.15, -0.1) is 0 Å². The first kappa shape index (κ1) is 15.6. The minimum atomic E-state index is -0.436. The second-order valence-corrected chi connectivity index (χ2v) is 5.26. The molecule has 1 heterocycles. The minimum Gasteiger partial charge on any atom is -0.310 e. The van der Waals surface area contributed by atoms with E-state index in [0.29, 0.717) is 5.56 Å². The van der Waals surface area contributed by atoms with Gasteiger partial charge in [0.25, 0.3) is 0 Å². The highest BCUT2D eigenvalue weighted by molar-refractivity contribution is 5.29. The molecule has 3 nitrogen and oxygen atoms in total. The SMILES string of the molecule is CCNC(C)c1c(C)nn(Cc2cc(F)ccc2F)c1C. The van der Waals surface area contributed by atoms with Crippen LogP contribution in [0.5, 0.6) is 0 Å². The summed E-state index contributed by atoms with van der Waals surface area (Å²) in [4.78, 5) is 0. The molecule has 21 heavy (non-hydrogen) atoms. The van der Waals surface area contributed by atoms with Gasteiger partial charge in [-0.2, -0.15) is 5.10 Å². The average molecular weight is 293 g/mol. The summed E-state index contributed by atoms with van der Waals surface area (Å²) in [6, 6.07) is 3.68. The molecule has 0 saturated carbocycles. The zero-order chi connectivity index (χ0) is 15.6. The Morgan fingerprint density at radius 1 is 1.29 bits per heavy atom. The zero-order valence-corrected chi connectivity index (χ0v) is 12.9. The van der Waals surface area contributed by atoms with Crippen LogP contribution in [0.4, 0.5) is 8.78 Å². The lowest BCUT2D eigenvalue weighted by Crippen LogP contribution is -2.19. The second-order valence-electron chi connectivity index (χ2n) is 5.26. The molecule has 0 spiro atoms. The summed E-state index contributed by atoms with van der Waals surface area (Å²) in [5, 5.41) is 7.82. The maximum Gasteiger partial charge on any atom is 0.128 e. The standard InChI is InChI=1S/C16H21F2N3/c1-5-19-10(2)16-11(3)20-21(12(16)4)9-13-8-14(17)6-7-15(13)18/h6-8,10,19H,5,9H2,1-4H3. The molecule has 1 N–H and O–H groups in total. The zero-order valence-electron chi connectivity index (χ0n) is 12.9. The molecular formula is C16H21F2N3. The van der Waals surface area contributed by atoms with E-state index in [1.807, 2.05) is 20.8 Å². The highest BCUT2D eigenvalue weighted by Gasteiger charge is 2.17. The number of aryl methyl sites for hydroxylation is 1. The fraction of sp³-hybridized carbons (Fsp3) is 0.438. The van der Waals surface area contributed by atoms with Gasteiger partial charge in [-0.25, -0.2) is 8.78 Å². The van der Waals surface area contributed by atoms with E-state index in [-0.39, 0.29) is 12.6 Å². The van der Waals surface area contributed by atoms with Crippen molar-refractivity contribution in [3.8, 4) is 0 Å². The summed E-state index contributed by atoms with van der Waals surface area (Å²) in [5.41, 5.74) is 3.32. The van der Waals surface area contributed by atoms with Crippen molar-refractivity contribution in [2.45, 2.75) is 40.3 Å². The fourth-order valence-electron chi connectivity index (χ4n) is 2.73. The molecule has 2 rings (SSSR count). The third-order valence-electron chi connectivity index (χ3n) is 3.71. The molecule has 1 atom stereocenters. The Morgan fingerprint density at radius 2 is 2.00 bits per heavy atom. The molecule has 1 aromatic heterocycles. The van der Waals surface area contributed by atoms with E-state index in [2.05, 4.69) is 17.3 Å². The van der Waals surface area contributed by atoms with Gasteiger partial charge in [-0.1, -0.05) is 6.92 Å². The molecule has 2 aromatic rings. The largest absolute Gasteiger partial charge is 0.310 e. The van der Waals surface area contributed by atoms with Gasteiger partial charge in [0, 0.05) is 22.9 Å². The maximum atomic E-state index is 13.8. The van der Waals surface area contributed by atoms with Gasteiger partial charge < -0.3 is 5.32 Å². The van der Waals surface area contributed by atoms with Crippen molar-refractivity contribution in [2.24, 2.45) is 0 Å². The van der Waals surface area contributed by atoms with Crippen LogP contribution < -0.4 is 5.32 Å². The van der Waals surface area contributed by atoms with Crippen LogP contribution in [-0.2, 0) is 6.54 Å². The average Bonchev–Trinajstić information content (AvgIpc) is 2.69. The van der Waals surface area contributed by atoms with Crippen LogP contribution in [0.25, 0.3) is 0 Å². The Kier molecular flexibility index (Phi) is 4.73. The number of benzene rings is 1. The fourth-order valence-corrected chi connectivity index (χ4v) is 2.73. The number of hydrogen-bond donors (Lipinski definition) is 1. The van der Waals surface area contributed by atoms with Crippen molar-refractivity contribution in [2.75, 3.05) is 6.54 Å². The Hall–Kier alpha value is -1.75. The number of nitrogens with one attached hydrogen (secondary N) is 1. The molecular weight excluding hydrogens is 272 g/mol. The van der Waals surface area contributed by atoms with E-state index in [1.54, 1.807) is 4.68 Å². The van der Waals surface area contributed by atoms with Crippen LogP contribution >= 0.6 is 0 Å². The Balaban J connectivity index is 2.33. The van der Waals surface area contributed by atoms with Crippen LogP contribution in [0.3, 0.4) is 0 Å². The van der Waals surface area contributed by atoms with Gasteiger partial charge in [0.05, 0.1) is 12.2 Å². The molecule has 0 bridgehead atoms. The van der Waals surface area contributed by atoms with Gasteiger partial charge in [0.2, 0.25) is 0 Å². The minimum absolute atomic E-state index is 0.182. The molecule has 0 fully saturated rings. The van der Waals surface area contributed by atoms with Crippen molar-refractivity contribution >= 4 is 0 Å². The summed E-state index contributed by atoms with van der Waals surface area (Å²) in [7, 11) is 0. The first-order chi connectivity index (χ1) is 9.93. The van der Waals surface area contributed by atoms with E-state index in [0.717, 1.165) is 35.6 Å². The van der Waals surface area contributed by atoms with Crippen molar-refractivity contribution in [3.63, 3.8) is 0 Å². The van der Waals surface area contributed by atoms with Crippen LogP contribution in [0.2, 0.25) is 0 Å². The third kappa shape index (κ3) is 3.29.